The van der Waals surface area contributed by atoms with Gasteiger partial charge in [-0.15, -0.1) is 0 Å². The van der Waals surface area contributed by atoms with E-state index in [9.17, 15) is 4.79 Å². The fraction of sp³-hybridized carbons (Fsp3) is 0.333. The summed E-state index contributed by atoms with van der Waals surface area (Å²) in [5.41, 5.74) is 1.74. The second-order valence-corrected chi connectivity index (χ2v) is 5.77. The topological polar surface area (TPSA) is 54.0 Å². The van der Waals surface area contributed by atoms with Crippen molar-refractivity contribution in [2.24, 2.45) is 0 Å². The van der Waals surface area contributed by atoms with Gasteiger partial charge in [-0.1, -0.05) is 43.2 Å². The van der Waals surface area contributed by atoms with E-state index in [1.54, 1.807) is 6.20 Å². The van der Waals surface area contributed by atoms with E-state index in [4.69, 9.17) is 0 Å². The average molecular weight is 295 g/mol. The van der Waals surface area contributed by atoms with E-state index >= 15 is 0 Å². The Hall–Kier alpha value is -2.36. The van der Waals surface area contributed by atoms with Gasteiger partial charge in [-0.05, 0) is 30.5 Å². The standard InChI is InChI=1S/C18H21N3O/c22-18(12-14-6-2-1-3-7-14)21-16-10-11-17(19-13-16)20-15-8-4-5-9-15/h1-3,6-7,10-11,13,15H,4-5,8-9,12H2,(H,19,20)(H,21,22). The van der Waals surface area contributed by atoms with Gasteiger partial charge in [0.15, 0.2) is 0 Å². The second kappa shape index (κ2) is 7.07. The van der Waals surface area contributed by atoms with Gasteiger partial charge < -0.3 is 10.6 Å². The second-order valence-electron chi connectivity index (χ2n) is 5.77. The lowest BCUT2D eigenvalue weighted by Gasteiger charge is -2.13. The van der Waals surface area contributed by atoms with E-state index in [2.05, 4.69) is 15.6 Å². The highest BCUT2D eigenvalue weighted by Crippen LogP contribution is 2.21. The summed E-state index contributed by atoms with van der Waals surface area (Å²) in [7, 11) is 0. The zero-order valence-electron chi connectivity index (χ0n) is 12.6. The highest BCUT2D eigenvalue weighted by molar-refractivity contribution is 5.92. The number of carbonyl (C=O) groups excluding carboxylic acids is 1. The van der Waals surface area contributed by atoms with E-state index in [1.165, 1.54) is 25.7 Å². The SMILES string of the molecule is O=C(Cc1ccccc1)Nc1ccc(NC2CCCC2)nc1. The van der Waals surface area contributed by atoms with E-state index in [-0.39, 0.29) is 5.91 Å². The summed E-state index contributed by atoms with van der Waals surface area (Å²) in [4.78, 5) is 16.4. The van der Waals surface area contributed by atoms with Gasteiger partial charge in [-0.25, -0.2) is 4.98 Å². The van der Waals surface area contributed by atoms with Crippen LogP contribution < -0.4 is 10.6 Å². The molecule has 4 heteroatoms. The molecule has 2 aromatic rings. The maximum absolute atomic E-state index is 12.0. The molecule has 1 aromatic heterocycles. The molecule has 1 fully saturated rings. The van der Waals surface area contributed by atoms with E-state index in [0.717, 1.165) is 17.1 Å². The minimum Gasteiger partial charge on any atom is -0.367 e. The maximum atomic E-state index is 12.0. The molecule has 0 unspecified atom stereocenters. The summed E-state index contributed by atoms with van der Waals surface area (Å²) in [6.07, 6.45) is 7.12. The molecule has 0 aliphatic heterocycles. The predicted molar refractivity (Wildman–Crippen MR) is 88.9 cm³/mol. The third-order valence-electron chi connectivity index (χ3n) is 3.96. The van der Waals surface area contributed by atoms with Crippen molar-refractivity contribution in [1.82, 2.24) is 4.98 Å². The van der Waals surface area contributed by atoms with Crippen LogP contribution in [0.25, 0.3) is 0 Å². The number of aromatic nitrogens is 1. The Morgan fingerprint density at radius 2 is 1.86 bits per heavy atom. The lowest BCUT2D eigenvalue weighted by atomic mass is 10.1. The zero-order valence-corrected chi connectivity index (χ0v) is 12.6. The molecular formula is C18H21N3O. The highest BCUT2D eigenvalue weighted by atomic mass is 16.1. The minimum absolute atomic E-state index is 0.0236. The number of hydrogen-bond donors (Lipinski definition) is 2. The summed E-state index contributed by atoms with van der Waals surface area (Å²) in [5.74, 6) is 0.859. The summed E-state index contributed by atoms with van der Waals surface area (Å²) < 4.78 is 0. The molecule has 1 aliphatic rings. The number of nitrogens with zero attached hydrogens (tertiary/aromatic N) is 1. The maximum Gasteiger partial charge on any atom is 0.228 e. The summed E-state index contributed by atoms with van der Waals surface area (Å²) in [6.45, 7) is 0. The molecule has 1 saturated carbocycles. The van der Waals surface area contributed by atoms with E-state index in [0.29, 0.717) is 12.5 Å². The van der Waals surface area contributed by atoms with Gasteiger partial charge in [0.1, 0.15) is 5.82 Å². The Bertz CT molecular complexity index is 604. The summed E-state index contributed by atoms with van der Waals surface area (Å²) >= 11 is 0. The van der Waals surface area contributed by atoms with Gasteiger partial charge in [0, 0.05) is 6.04 Å². The quantitative estimate of drug-likeness (QED) is 0.886. The zero-order chi connectivity index (χ0) is 15.2. The average Bonchev–Trinajstić information content (AvgIpc) is 3.03. The first-order chi connectivity index (χ1) is 10.8. The summed E-state index contributed by atoms with van der Waals surface area (Å²) in [6, 6.07) is 14.1. The van der Waals surface area contributed by atoms with E-state index < -0.39 is 0 Å². The fourth-order valence-corrected chi connectivity index (χ4v) is 2.82. The molecule has 22 heavy (non-hydrogen) atoms. The number of anilines is 2. The number of amides is 1. The van der Waals surface area contributed by atoms with Crippen molar-refractivity contribution in [3.05, 3.63) is 54.2 Å². The molecule has 1 heterocycles. The van der Waals surface area contributed by atoms with Crippen molar-refractivity contribution >= 4 is 17.4 Å². The third-order valence-corrected chi connectivity index (χ3v) is 3.96. The Labute approximate surface area is 131 Å². The number of pyridine rings is 1. The van der Waals surface area contributed by atoms with Crippen LogP contribution in [0.15, 0.2) is 48.7 Å². The monoisotopic (exact) mass is 295 g/mol. The molecule has 1 aliphatic carbocycles. The molecule has 0 saturated heterocycles. The van der Waals surface area contributed by atoms with Crippen molar-refractivity contribution in [3.8, 4) is 0 Å². The molecule has 1 amide bonds. The van der Waals surface area contributed by atoms with Gasteiger partial charge >= 0.3 is 0 Å². The lowest BCUT2D eigenvalue weighted by molar-refractivity contribution is -0.115. The number of rotatable bonds is 5. The highest BCUT2D eigenvalue weighted by Gasteiger charge is 2.14. The summed E-state index contributed by atoms with van der Waals surface area (Å²) in [5, 5.41) is 6.32. The molecule has 0 atom stereocenters. The first-order valence-electron chi connectivity index (χ1n) is 7.86. The molecule has 0 bridgehead atoms. The molecule has 1 aromatic carbocycles. The van der Waals surface area contributed by atoms with Gasteiger partial charge in [0.05, 0.1) is 18.3 Å². The van der Waals surface area contributed by atoms with Crippen molar-refractivity contribution < 1.29 is 4.79 Å². The molecule has 4 nitrogen and oxygen atoms in total. The number of benzene rings is 1. The molecule has 2 N–H and O–H groups in total. The van der Waals surface area contributed by atoms with Gasteiger partial charge in [0.2, 0.25) is 5.91 Å². The van der Waals surface area contributed by atoms with Crippen molar-refractivity contribution in [1.29, 1.82) is 0 Å². The number of carbonyl (C=O) groups is 1. The van der Waals surface area contributed by atoms with Crippen LogP contribution in [0, 0.1) is 0 Å². The van der Waals surface area contributed by atoms with Crippen LogP contribution in [-0.2, 0) is 11.2 Å². The van der Waals surface area contributed by atoms with Crippen molar-refractivity contribution in [3.63, 3.8) is 0 Å². The molecule has 3 rings (SSSR count). The van der Waals surface area contributed by atoms with Crippen molar-refractivity contribution in [2.45, 2.75) is 38.1 Å². The van der Waals surface area contributed by atoms with Crippen LogP contribution in [0.1, 0.15) is 31.2 Å². The van der Waals surface area contributed by atoms with Gasteiger partial charge in [0.25, 0.3) is 0 Å². The first-order valence-corrected chi connectivity index (χ1v) is 7.86. The molecule has 0 radical (unpaired) electrons. The molecule has 114 valence electrons. The Morgan fingerprint density at radius 3 is 2.55 bits per heavy atom. The number of nitrogens with one attached hydrogen (secondary N) is 2. The Kier molecular flexibility index (Phi) is 4.68. The van der Waals surface area contributed by atoms with Crippen LogP contribution in [0.2, 0.25) is 0 Å². The normalized spacial score (nSPS) is 14.7. The molecule has 0 spiro atoms. The lowest BCUT2D eigenvalue weighted by Crippen LogP contribution is -2.16. The Morgan fingerprint density at radius 1 is 1.09 bits per heavy atom. The van der Waals surface area contributed by atoms with Crippen molar-refractivity contribution in [2.75, 3.05) is 10.6 Å². The molecular weight excluding hydrogens is 274 g/mol. The van der Waals surface area contributed by atoms with Gasteiger partial charge in [-0.2, -0.15) is 0 Å². The van der Waals surface area contributed by atoms with Crippen LogP contribution in [-0.4, -0.2) is 16.9 Å². The fourth-order valence-electron chi connectivity index (χ4n) is 2.82. The van der Waals surface area contributed by atoms with Crippen LogP contribution in [0.5, 0.6) is 0 Å². The number of hydrogen-bond acceptors (Lipinski definition) is 3. The van der Waals surface area contributed by atoms with Crippen LogP contribution in [0.4, 0.5) is 11.5 Å². The largest absolute Gasteiger partial charge is 0.367 e. The predicted octanol–water partition coefficient (Wildman–Crippen LogP) is 3.62. The Balaban J connectivity index is 1.53. The van der Waals surface area contributed by atoms with Gasteiger partial charge in [-0.3, -0.25) is 4.79 Å². The first kappa shape index (κ1) is 14.6. The third kappa shape index (κ3) is 4.07. The van der Waals surface area contributed by atoms with E-state index in [1.807, 2.05) is 42.5 Å². The van der Waals surface area contributed by atoms with Crippen LogP contribution in [0.3, 0.4) is 0 Å². The minimum atomic E-state index is -0.0236. The van der Waals surface area contributed by atoms with Crippen LogP contribution >= 0.6 is 0 Å². The smallest absolute Gasteiger partial charge is 0.228 e.